The predicted molar refractivity (Wildman–Crippen MR) is 147 cm³/mol. The predicted octanol–water partition coefficient (Wildman–Crippen LogP) is 6.34. The molecule has 1 amide bonds. The molecule has 1 saturated heterocycles. The van der Waals surface area contributed by atoms with Gasteiger partial charge in [0.25, 0.3) is 5.91 Å². The number of methoxy groups -OCH3 is 1. The van der Waals surface area contributed by atoms with Crippen molar-refractivity contribution in [1.82, 2.24) is 4.90 Å². The molecule has 0 unspecified atom stereocenters. The van der Waals surface area contributed by atoms with Gasteiger partial charge >= 0.3 is 5.97 Å². The summed E-state index contributed by atoms with van der Waals surface area (Å²) in [6, 6.07) is 19.7. The number of hydrogen-bond acceptors (Lipinski definition) is 7. The molecule has 4 rings (SSSR count). The van der Waals surface area contributed by atoms with Crippen LogP contribution in [0.2, 0.25) is 5.02 Å². The van der Waals surface area contributed by atoms with Gasteiger partial charge in [-0.15, -0.1) is 0 Å². The zero-order valence-electron chi connectivity index (χ0n) is 20.6. The molecule has 7 nitrogen and oxygen atoms in total. The van der Waals surface area contributed by atoms with Crippen molar-refractivity contribution in [1.29, 1.82) is 0 Å². The molecule has 0 aromatic heterocycles. The number of aliphatic imine (C=N–C) groups is 1. The average molecular weight is 537 g/mol. The van der Waals surface area contributed by atoms with E-state index < -0.39 is 5.97 Å². The van der Waals surface area contributed by atoms with Gasteiger partial charge in [-0.3, -0.25) is 9.69 Å². The molecule has 0 N–H and O–H groups in total. The van der Waals surface area contributed by atoms with E-state index in [0.29, 0.717) is 51.1 Å². The van der Waals surface area contributed by atoms with Crippen molar-refractivity contribution < 1.29 is 23.8 Å². The molecule has 0 spiro atoms. The van der Waals surface area contributed by atoms with Crippen LogP contribution in [0.5, 0.6) is 11.5 Å². The lowest BCUT2D eigenvalue weighted by atomic mass is 10.1. The number of benzene rings is 3. The van der Waals surface area contributed by atoms with Gasteiger partial charge in [0.15, 0.2) is 16.7 Å². The van der Waals surface area contributed by atoms with Gasteiger partial charge in [-0.25, -0.2) is 9.79 Å². The molecule has 0 aliphatic carbocycles. The van der Waals surface area contributed by atoms with E-state index in [1.54, 1.807) is 37.4 Å². The van der Waals surface area contributed by atoms with Crippen LogP contribution in [0.3, 0.4) is 0 Å². The molecule has 1 fully saturated rings. The van der Waals surface area contributed by atoms with Gasteiger partial charge in [0.1, 0.15) is 6.61 Å². The van der Waals surface area contributed by atoms with E-state index >= 15 is 0 Å². The van der Waals surface area contributed by atoms with Crippen LogP contribution < -0.4 is 9.47 Å². The molecule has 1 heterocycles. The molecule has 3 aromatic rings. The van der Waals surface area contributed by atoms with Crippen LogP contribution in [-0.2, 0) is 16.1 Å². The summed E-state index contributed by atoms with van der Waals surface area (Å²) in [7, 11) is 3.01. The fourth-order valence-electron chi connectivity index (χ4n) is 3.48. The Morgan fingerprint density at radius 2 is 1.81 bits per heavy atom. The molecule has 1 aliphatic heterocycles. The number of halogens is 1. The zero-order chi connectivity index (χ0) is 26.4. The Kier molecular flexibility index (Phi) is 8.53. The summed E-state index contributed by atoms with van der Waals surface area (Å²) in [5, 5.41) is 1.17. The minimum absolute atomic E-state index is 0.160. The van der Waals surface area contributed by atoms with Crippen molar-refractivity contribution >= 4 is 52.2 Å². The van der Waals surface area contributed by atoms with Gasteiger partial charge in [-0.05, 0) is 72.8 Å². The Balaban J connectivity index is 1.52. The van der Waals surface area contributed by atoms with E-state index in [2.05, 4.69) is 4.99 Å². The van der Waals surface area contributed by atoms with Gasteiger partial charge in [0.2, 0.25) is 0 Å². The maximum absolute atomic E-state index is 12.9. The molecule has 9 heteroatoms. The van der Waals surface area contributed by atoms with E-state index in [-0.39, 0.29) is 5.91 Å². The molecule has 37 heavy (non-hydrogen) atoms. The second kappa shape index (κ2) is 12.0. The number of ether oxygens (including phenoxy) is 3. The Morgan fingerprint density at radius 3 is 2.51 bits per heavy atom. The van der Waals surface area contributed by atoms with E-state index in [9.17, 15) is 9.59 Å². The highest BCUT2D eigenvalue weighted by molar-refractivity contribution is 8.18. The lowest BCUT2D eigenvalue weighted by molar-refractivity contribution is -0.121. The van der Waals surface area contributed by atoms with Crippen molar-refractivity contribution in [2.75, 3.05) is 20.8 Å². The Bertz CT molecular complexity index is 1370. The molecular formula is C28H25ClN2O5S. The number of esters is 1. The highest BCUT2D eigenvalue weighted by Gasteiger charge is 2.30. The highest BCUT2D eigenvalue weighted by Crippen LogP contribution is 2.35. The number of amidine groups is 1. The normalized spacial score (nSPS) is 15.4. The summed E-state index contributed by atoms with van der Waals surface area (Å²) < 4.78 is 16.5. The number of amides is 1. The van der Waals surface area contributed by atoms with E-state index in [1.807, 2.05) is 49.4 Å². The standard InChI is InChI=1S/C28H25ClN2O5S/c1-4-35-24-15-18(9-14-23(24)36-17-20-7-5-6-8-22(20)29)16-25-26(32)31(2)28(37-25)30-21-12-10-19(11-13-21)27(33)34-3/h5-16H,4,17H2,1-3H3/b25-16-,30-28?. The first-order valence-corrected chi connectivity index (χ1v) is 12.7. The number of rotatable bonds is 8. The van der Waals surface area contributed by atoms with E-state index in [4.69, 9.17) is 25.8 Å². The monoisotopic (exact) mass is 536 g/mol. The van der Waals surface area contributed by atoms with Gasteiger partial charge in [0, 0.05) is 17.6 Å². The fourth-order valence-corrected chi connectivity index (χ4v) is 4.65. The van der Waals surface area contributed by atoms with Crippen molar-refractivity contribution in [3.8, 4) is 11.5 Å². The molecule has 1 aliphatic rings. The van der Waals surface area contributed by atoms with E-state index in [0.717, 1.165) is 11.1 Å². The van der Waals surface area contributed by atoms with Crippen molar-refractivity contribution in [3.05, 3.63) is 93.3 Å². The number of likely N-dealkylation sites (N-methyl/N-ethyl adjacent to an activating group) is 1. The van der Waals surface area contributed by atoms with Crippen LogP contribution in [0.4, 0.5) is 5.69 Å². The summed E-state index contributed by atoms with van der Waals surface area (Å²) in [6.07, 6.45) is 1.80. The lowest BCUT2D eigenvalue weighted by Gasteiger charge is -2.13. The summed E-state index contributed by atoms with van der Waals surface area (Å²) >= 11 is 7.51. The number of nitrogens with zero attached hydrogens (tertiary/aromatic N) is 2. The van der Waals surface area contributed by atoms with Crippen LogP contribution in [0.1, 0.15) is 28.4 Å². The van der Waals surface area contributed by atoms with Crippen LogP contribution in [0, 0.1) is 0 Å². The van der Waals surface area contributed by atoms with Crippen molar-refractivity contribution in [2.45, 2.75) is 13.5 Å². The topological polar surface area (TPSA) is 77.4 Å². The summed E-state index contributed by atoms with van der Waals surface area (Å²) in [5.74, 6) is 0.585. The summed E-state index contributed by atoms with van der Waals surface area (Å²) in [6.45, 7) is 2.67. The van der Waals surface area contributed by atoms with Crippen LogP contribution in [-0.4, -0.2) is 42.7 Å². The number of carbonyl (C=O) groups is 2. The smallest absolute Gasteiger partial charge is 0.337 e. The van der Waals surface area contributed by atoms with E-state index in [1.165, 1.54) is 23.8 Å². The second-order valence-electron chi connectivity index (χ2n) is 7.93. The van der Waals surface area contributed by atoms with Crippen LogP contribution in [0.15, 0.2) is 76.6 Å². The Labute approximate surface area is 224 Å². The first-order chi connectivity index (χ1) is 17.9. The largest absolute Gasteiger partial charge is 0.490 e. The minimum Gasteiger partial charge on any atom is -0.490 e. The Morgan fingerprint density at radius 1 is 1.05 bits per heavy atom. The average Bonchev–Trinajstić information content (AvgIpc) is 3.16. The maximum Gasteiger partial charge on any atom is 0.337 e. The quantitative estimate of drug-likeness (QED) is 0.247. The van der Waals surface area contributed by atoms with Gasteiger partial charge < -0.3 is 14.2 Å². The summed E-state index contributed by atoms with van der Waals surface area (Å²) in [5.41, 5.74) is 2.72. The van der Waals surface area contributed by atoms with Gasteiger partial charge in [-0.1, -0.05) is 35.9 Å². The minimum atomic E-state index is -0.418. The number of thioether (sulfide) groups is 1. The third-order valence-corrected chi connectivity index (χ3v) is 6.85. The molecule has 190 valence electrons. The molecule has 0 atom stereocenters. The maximum atomic E-state index is 12.9. The van der Waals surface area contributed by atoms with Crippen LogP contribution >= 0.6 is 23.4 Å². The second-order valence-corrected chi connectivity index (χ2v) is 9.34. The van der Waals surface area contributed by atoms with Gasteiger partial charge in [-0.2, -0.15) is 0 Å². The fraction of sp³-hybridized carbons (Fsp3) is 0.179. The number of hydrogen-bond donors (Lipinski definition) is 0. The molecular weight excluding hydrogens is 512 g/mol. The molecule has 0 radical (unpaired) electrons. The highest BCUT2D eigenvalue weighted by atomic mass is 35.5. The molecule has 0 saturated carbocycles. The molecule has 0 bridgehead atoms. The first kappa shape index (κ1) is 26.3. The summed E-state index contributed by atoms with van der Waals surface area (Å²) in [4.78, 5) is 31.1. The first-order valence-electron chi connectivity index (χ1n) is 11.5. The zero-order valence-corrected chi connectivity index (χ0v) is 22.1. The number of carbonyl (C=O) groups excluding carboxylic acids is 2. The Hall–Kier alpha value is -3.75. The molecule has 3 aromatic carbocycles. The van der Waals surface area contributed by atoms with Gasteiger partial charge in [0.05, 0.1) is 29.9 Å². The van der Waals surface area contributed by atoms with Crippen LogP contribution in [0.25, 0.3) is 6.08 Å². The van der Waals surface area contributed by atoms with Crippen molar-refractivity contribution in [3.63, 3.8) is 0 Å². The third kappa shape index (κ3) is 6.34. The SMILES string of the molecule is CCOc1cc(/C=C2\SC(=Nc3ccc(C(=O)OC)cc3)N(C)C2=O)ccc1OCc1ccccc1Cl. The lowest BCUT2D eigenvalue weighted by Crippen LogP contribution is -2.23. The third-order valence-electron chi connectivity index (χ3n) is 5.42. The van der Waals surface area contributed by atoms with Crippen molar-refractivity contribution in [2.24, 2.45) is 4.99 Å².